The van der Waals surface area contributed by atoms with Gasteiger partial charge in [0.1, 0.15) is 26.4 Å². The first-order valence-electron chi connectivity index (χ1n) is 18.4. The van der Waals surface area contributed by atoms with Crippen LogP contribution in [-0.4, -0.2) is 69.3 Å². The maximum absolute atomic E-state index is 13.0. The molecule has 2 aromatic carbocycles. The molecule has 4 aromatic rings. The van der Waals surface area contributed by atoms with E-state index in [0.717, 1.165) is 15.7 Å². The van der Waals surface area contributed by atoms with E-state index < -0.39 is 21.6 Å². The van der Waals surface area contributed by atoms with Gasteiger partial charge in [-0.15, -0.1) is 0 Å². The molecule has 0 radical (unpaired) electrons. The second-order valence-electron chi connectivity index (χ2n) is 18.6. The van der Waals surface area contributed by atoms with Gasteiger partial charge in [-0.25, -0.2) is 9.97 Å². The van der Waals surface area contributed by atoms with Crippen molar-refractivity contribution in [3.8, 4) is 11.4 Å². The van der Waals surface area contributed by atoms with Crippen LogP contribution < -0.4 is 23.3 Å². The van der Waals surface area contributed by atoms with Gasteiger partial charge in [-0.2, -0.15) is 13.8 Å². The maximum Gasteiger partial charge on any atom is 2.00 e. The van der Waals surface area contributed by atoms with Crippen molar-refractivity contribution in [1.29, 1.82) is 0 Å². The van der Waals surface area contributed by atoms with Crippen LogP contribution >= 0.6 is 27.5 Å². The molecule has 0 unspecified atom stereocenters. The van der Waals surface area contributed by atoms with Gasteiger partial charge in [0.2, 0.25) is 5.24 Å². The van der Waals surface area contributed by atoms with Gasteiger partial charge >= 0.3 is 23.1 Å². The molecular weight excluding hydrogens is 836 g/mol. The Labute approximate surface area is 372 Å². The van der Waals surface area contributed by atoms with Gasteiger partial charge in [0.15, 0.2) is 5.78 Å². The molecule has 0 saturated heterocycles. The predicted octanol–water partition coefficient (Wildman–Crippen LogP) is 8.82. The fourth-order valence-electron chi connectivity index (χ4n) is 4.44. The second-order valence-corrected chi connectivity index (χ2v) is 30.2. The summed E-state index contributed by atoms with van der Waals surface area (Å²) in [5.74, 6) is 0.129. The van der Waals surface area contributed by atoms with Crippen molar-refractivity contribution in [2.45, 2.75) is 133 Å². The number of carbonyl (C=O) groups excluding carboxylic acids is 2. The summed E-state index contributed by atoms with van der Waals surface area (Å²) >= 11 is 8.75. The van der Waals surface area contributed by atoms with Crippen molar-refractivity contribution in [3.05, 3.63) is 89.8 Å². The number of benzene rings is 2. The van der Waals surface area contributed by atoms with Crippen LogP contribution in [0.5, 0.6) is 0 Å². The molecule has 12 heteroatoms. The Morgan fingerprint density at radius 1 is 0.636 bits per heavy atom. The number of halogens is 3. The van der Waals surface area contributed by atoms with E-state index >= 15 is 0 Å². The van der Waals surface area contributed by atoms with Gasteiger partial charge in [0.05, 0.1) is 23.3 Å². The van der Waals surface area contributed by atoms with Crippen LogP contribution in [0.1, 0.15) is 107 Å². The van der Waals surface area contributed by atoms with E-state index in [0.29, 0.717) is 5.69 Å². The number of imidazole rings is 2. The van der Waals surface area contributed by atoms with E-state index in [4.69, 9.17) is 21.6 Å². The van der Waals surface area contributed by atoms with Crippen molar-refractivity contribution in [2.24, 2.45) is 10.8 Å². The van der Waals surface area contributed by atoms with E-state index in [-0.39, 0.29) is 62.0 Å². The fourth-order valence-corrected chi connectivity index (χ4v) is 8.81. The molecule has 4 rings (SSSR count). The molecule has 0 atom stereocenters. The minimum Gasteiger partial charge on any atom is -1.00 e. The van der Waals surface area contributed by atoms with Crippen LogP contribution in [0.25, 0.3) is 11.4 Å². The van der Waals surface area contributed by atoms with Crippen molar-refractivity contribution in [3.63, 3.8) is 0 Å². The molecule has 2 heterocycles. The molecule has 0 saturated carbocycles. The summed E-state index contributed by atoms with van der Waals surface area (Å²) < 4.78 is 5.38. The topological polar surface area (TPSA) is 69.8 Å². The van der Waals surface area contributed by atoms with Gasteiger partial charge in [-0.3, -0.25) is 18.7 Å². The zero-order valence-corrected chi connectivity index (χ0v) is 43.5. The van der Waals surface area contributed by atoms with E-state index in [1.807, 2.05) is 71.5 Å². The van der Waals surface area contributed by atoms with Gasteiger partial charge in [0.25, 0.3) is 0 Å². The first-order valence-corrected chi connectivity index (χ1v) is 25.6. The standard InChI is InChI=1S/C20H30N2OSi.C15H21BrN2Si.C5H9ClO.C3H7.ClH.Mg/c1-19(2,3)17(23)16-14-21-18(24(7,8)20(4,5)6)22(16)15-12-10-9-11-13-15;1-15(2,3)19(4,5)14-17-11-13(16)18(14)12-9-7-6-8-10-12;1-5(2,3)4(6)7;1-3-2;;/h9-14H,1-8H3;6-11H,1-5H3;1-3H3;3H,1-2H3;1H;/q;;;-1;;+2/p-1. The second kappa shape index (κ2) is 22.0. The van der Waals surface area contributed by atoms with Crippen molar-refractivity contribution in [1.82, 2.24) is 19.1 Å². The molecule has 0 fully saturated rings. The van der Waals surface area contributed by atoms with Gasteiger partial charge in [-0.05, 0) is 61.9 Å². The average molecular weight is 903 g/mol. The molecule has 6 nitrogen and oxygen atoms in total. The number of rotatable bonds is 5. The van der Waals surface area contributed by atoms with Crippen LogP contribution in [-0.2, 0) is 4.79 Å². The zero-order valence-electron chi connectivity index (χ0n) is 37.0. The molecule has 0 amide bonds. The number of aromatic nitrogens is 4. The van der Waals surface area contributed by atoms with Crippen molar-refractivity contribution < 1.29 is 22.0 Å². The third-order valence-corrected chi connectivity index (χ3v) is 21.4. The first kappa shape index (κ1) is 55.6. The molecule has 2 aromatic heterocycles. The van der Waals surface area contributed by atoms with Crippen LogP contribution in [0, 0.1) is 17.3 Å². The van der Waals surface area contributed by atoms with Gasteiger partial charge < -0.3 is 18.8 Å². The minimum atomic E-state index is -1.89. The number of nitrogens with zero attached hydrogens (tertiary/aromatic N) is 4. The number of ketones is 1. The van der Waals surface area contributed by atoms with Crippen LogP contribution in [0.15, 0.2) is 77.7 Å². The largest absolute Gasteiger partial charge is 2.00 e. The number of Topliss-reactive ketones (excluding diaryl/α,β-unsaturated/α-hetero) is 1. The average Bonchev–Trinajstić information content (AvgIpc) is 3.65. The van der Waals surface area contributed by atoms with Crippen LogP contribution in [0.2, 0.25) is 36.3 Å². The maximum atomic E-state index is 13.0. The molecule has 0 bridgehead atoms. The van der Waals surface area contributed by atoms with Gasteiger partial charge in [-0.1, -0.05) is 146 Å². The normalized spacial score (nSPS) is 11.9. The van der Waals surface area contributed by atoms with E-state index in [1.165, 1.54) is 11.1 Å². The predicted molar refractivity (Wildman–Crippen MR) is 244 cm³/mol. The summed E-state index contributed by atoms with van der Waals surface area (Å²) in [6.07, 6.45) is 5.69. The molecule has 302 valence electrons. The first-order chi connectivity index (χ1) is 24.0. The number of carbonyl (C=O) groups is 2. The van der Waals surface area contributed by atoms with E-state index in [1.54, 1.807) is 27.0 Å². The number of hydrogen-bond donors (Lipinski definition) is 0. The van der Waals surface area contributed by atoms with Crippen molar-refractivity contribution in [2.75, 3.05) is 0 Å². The van der Waals surface area contributed by atoms with Crippen molar-refractivity contribution >= 4 is 88.7 Å². The summed E-state index contributed by atoms with van der Waals surface area (Å²) in [5.41, 5.74) is 4.35. The fraction of sp³-hybridized carbons (Fsp3) is 0.512. The van der Waals surface area contributed by atoms with Gasteiger partial charge in [0, 0.05) is 22.2 Å². The third-order valence-electron chi connectivity index (χ3n) is 9.88. The summed E-state index contributed by atoms with van der Waals surface area (Å²) in [4.78, 5) is 32.7. The Bertz CT molecular complexity index is 1770. The minimum absolute atomic E-state index is 0. The van der Waals surface area contributed by atoms with E-state index in [9.17, 15) is 9.59 Å². The quantitative estimate of drug-likeness (QED) is 0.0870. The SMILES string of the molecule is CC(C)(C)C(=O)Cl.CC(C)(C)C(=O)c1cnc([Si](C)(C)C(C)(C)C)n1-c1ccccc1.CC(C)(C)[Si](C)(C)c1ncc(Br)n1-c1ccccc1.C[CH-]C.[Cl-].[Mg+2]. The molecule has 0 spiro atoms. The number of para-hydroxylation sites is 2. The van der Waals surface area contributed by atoms with E-state index in [2.05, 4.69) is 129 Å². The Morgan fingerprint density at radius 3 is 1.25 bits per heavy atom. The summed E-state index contributed by atoms with van der Waals surface area (Å²) in [6.45, 7) is 38.4. The Hall–Kier alpha value is -1.54. The van der Waals surface area contributed by atoms with Crippen LogP contribution in [0.3, 0.4) is 0 Å². The number of hydrogen-bond acceptors (Lipinski definition) is 4. The molecule has 55 heavy (non-hydrogen) atoms. The summed E-state index contributed by atoms with van der Waals surface area (Å²) in [5, 5.41) is 0.129. The molecule has 0 aliphatic carbocycles. The van der Waals surface area contributed by atoms with Crippen LogP contribution in [0.4, 0.5) is 0 Å². The molecule has 0 aliphatic heterocycles. The Kier molecular flexibility index (Phi) is 22.2. The Balaban J connectivity index is 0. The summed E-state index contributed by atoms with van der Waals surface area (Å²) in [6, 6.07) is 20.6. The zero-order chi connectivity index (χ0) is 41.4. The molecular formula is C43H67BrCl2MgN4O2Si2. The Morgan fingerprint density at radius 2 is 0.945 bits per heavy atom. The third kappa shape index (κ3) is 15.0. The smallest absolute Gasteiger partial charge is 1.00 e. The monoisotopic (exact) mass is 900 g/mol. The molecule has 0 aliphatic rings. The summed E-state index contributed by atoms with van der Waals surface area (Å²) in [7, 11) is -3.56. The molecule has 0 N–H and O–H groups in total.